The Morgan fingerprint density at radius 3 is 2.32 bits per heavy atom. The van der Waals surface area contributed by atoms with E-state index < -0.39 is 5.97 Å². The number of hydrogen-bond acceptors (Lipinski definition) is 4. The van der Waals surface area contributed by atoms with Crippen molar-refractivity contribution in [1.82, 2.24) is 0 Å². The minimum Gasteiger partial charge on any atom is -0.463 e. The molecule has 0 atom stereocenters. The van der Waals surface area contributed by atoms with Gasteiger partial charge >= 0.3 is 5.97 Å². The van der Waals surface area contributed by atoms with Crippen molar-refractivity contribution in [2.75, 3.05) is 29.9 Å². The molecule has 0 bridgehead atoms. The van der Waals surface area contributed by atoms with E-state index in [-0.39, 0.29) is 18.1 Å². The molecule has 34 heavy (non-hydrogen) atoms. The second-order valence-electron chi connectivity index (χ2n) is 9.37. The number of nitrogens with zero attached hydrogens (tertiary/aromatic N) is 1. The van der Waals surface area contributed by atoms with Gasteiger partial charge in [-0.3, -0.25) is 4.79 Å². The molecule has 5 nitrogen and oxygen atoms in total. The van der Waals surface area contributed by atoms with Crippen molar-refractivity contribution in [3.05, 3.63) is 65.0 Å². The number of esters is 1. The molecule has 0 aromatic heterocycles. The Morgan fingerprint density at radius 1 is 1.06 bits per heavy atom. The van der Waals surface area contributed by atoms with Gasteiger partial charge in [0.2, 0.25) is 5.91 Å². The summed E-state index contributed by atoms with van der Waals surface area (Å²) < 4.78 is 19.3. The molecule has 6 heteroatoms. The second-order valence-corrected chi connectivity index (χ2v) is 9.37. The summed E-state index contributed by atoms with van der Waals surface area (Å²) in [7, 11) is 0. The van der Waals surface area contributed by atoms with Gasteiger partial charge in [0.15, 0.2) is 0 Å². The van der Waals surface area contributed by atoms with Crippen molar-refractivity contribution < 1.29 is 18.7 Å². The van der Waals surface area contributed by atoms with Crippen molar-refractivity contribution in [2.45, 2.75) is 48.0 Å². The van der Waals surface area contributed by atoms with Crippen LogP contribution >= 0.6 is 0 Å². The predicted octanol–water partition coefficient (Wildman–Crippen LogP) is 6.01. The Morgan fingerprint density at radius 2 is 1.74 bits per heavy atom. The van der Waals surface area contributed by atoms with E-state index >= 15 is 0 Å². The minimum atomic E-state index is -0.423. The highest BCUT2D eigenvalue weighted by molar-refractivity contribution is 5.96. The van der Waals surface area contributed by atoms with Gasteiger partial charge in [0.25, 0.3) is 0 Å². The van der Waals surface area contributed by atoms with Gasteiger partial charge in [0.05, 0.1) is 24.4 Å². The van der Waals surface area contributed by atoms with Gasteiger partial charge in [-0.1, -0.05) is 45.9 Å². The number of benzene rings is 2. The number of amides is 1. The fourth-order valence-corrected chi connectivity index (χ4v) is 3.70. The van der Waals surface area contributed by atoms with Crippen LogP contribution in [0.15, 0.2) is 42.5 Å². The third kappa shape index (κ3) is 8.65. The molecule has 0 radical (unpaired) electrons. The minimum absolute atomic E-state index is 0.0667. The van der Waals surface area contributed by atoms with Crippen LogP contribution in [-0.4, -0.2) is 31.6 Å². The molecule has 0 aliphatic rings. The zero-order valence-corrected chi connectivity index (χ0v) is 21.2. The van der Waals surface area contributed by atoms with Crippen molar-refractivity contribution in [3.63, 3.8) is 0 Å². The maximum absolute atomic E-state index is 14.3. The lowest BCUT2D eigenvalue weighted by Crippen LogP contribution is -2.32. The smallest absolute Gasteiger partial charge is 0.330 e. The number of carbonyl (C=O) groups is 2. The first-order chi connectivity index (χ1) is 16.1. The average molecular weight is 469 g/mol. The predicted molar refractivity (Wildman–Crippen MR) is 137 cm³/mol. The zero-order chi connectivity index (χ0) is 25.3. The van der Waals surface area contributed by atoms with E-state index in [9.17, 15) is 14.0 Å². The van der Waals surface area contributed by atoms with Crippen LogP contribution in [0.1, 0.15) is 51.3 Å². The van der Waals surface area contributed by atoms with Crippen LogP contribution in [-0.2, 0) is 20.7 Å². The van der Waals surface area contributed by atoms with E-state index in [0.717, 1.165) is 29.9 Å². The SMILES string of the molecule is CCOC(=O)/C=C/c1ccc(N(CC(C)C)CC(C)C)c(NC(=O)Cc2ccc(C)cc2F)c1. The van der Waals surface area contributed by atoms with Gasteiger partial charge in [-0.25, -0.2) is 9.18 Å². The molecule has 184 valence electrons. The summed E-state index contributed by atoms with van der Waals surface area (Å²) in [5, 5.41) is 2.98. The molecule has 1 amide bonds. The number of halogens is 1. The number of nitrogens with one attached hydrogen (secondary N) is 1. The van der Waals surface area contributed by atoms with E-state index in [0.29, 0.717) is 29.7 Å². The third-order valence-corrected chi connectivity index (χ3v) is 5.06. The van der Waals surface area contributed by atoms with Crippen LogP contribution in [0.3, 0.4) is 0 Å². The number of aryl methyl sites for hydroxylation is 1. The maximum atomic E-state index is 14.3. The van der Waals surface area contributed by atoms with Crippen LogP contribution < -0.4 is 10.2 Å². The number of anilines is 2. The fraction of sp³-hybridized carbons (Fsp3) is 0.429. The van der Waals surface area contributed by atoms with Crippen LogP contribution in [0.5, 0.6) is 0 Å². The first-order valence-corrected chi connectivity index (χ1v) is 11.9. The second kappa shape index (κ2) is 12.9. The van der Waals surface area contributed by atoms with Crippen LogP contribution in [0.4, 0.5) is 15.8 Å². The molecule has 2 rings (SSSR count). The normalized spacial score (nSPS) is 11.3. The molecule has 2 aromatic carbocycles. The van der Waals surface area contributed by atoms with Gasteiger partial charge in [-0.05, 0) is 66.6 Å². The van der Waals surface area contributed by atoms with E-state index in [1.54, 1.807) is 25.1 Å². The van der Waals surface area contributed by atoms with Crippen molar-refractivity contribution in [3.8, 4) is 0 Å². The molecule has 0 fully saturated rings. The van der Waals surface area contributed by atoms with E-state index in [1.807, 2.05) is 25.1 Å². The summed E-state index contributed by atoms with van der Waals surface area (Å²) in [5.74, 6) is -0.264. The highest BCUT2D eigenvalue weighted by Crippen LogP contribution is 2.30. The Hall–Kier alpha value is -3.15. The zero-order valence-electron chi connectivity index (χ0n) is 21.2. The lowest BCUT2D eigenvalue weighted by atomic mass is 10.1. The molecule has 0 saturated carbocycles. The Bertz CT molecular complexity index is 1000. The summed E-state index contributed by atoms with van der Waals surface area (Å²) in [6.07, 6.45) is 2.96. The van der Waals surface area contributed by atoms with E-state index in [4.69, 9.17) is 4.74 Å². The molecule has 0 heterocycles. The fourth-order valence-electron chi connectivity index (χ4n) is 3.70. The molecule has 0 saturated heterocycles. The van der Waals surface area contributed by atoms with Gasteiger partial charge in [-0.15, -0.1) is 0 Å². The molecule has 2 aromatic rings. The topological polar surface area (TPSA) is 58.6 Å². The number of rotatable bonds is 11. The highest BCUT2D eigenvalue weighted by atomic mass is 19.1. The molecule has 0 unspecified atom stereocenters. The molecular weight excluding hydrogens is 431 g/mol. The Balaban J connectivity index is 2.38. The molecule has 0 aliphatic heterocycles. The number of hydrogen-bond donors (Lipinski definition) is 1. The largest absolute Gasteiger partial charge is 0.463 e. The molecule has 0 aliphatic carbocycles. The number of carbonyl (C=O) groups excluding carboxylic acids is 2. The van der Waals surface area contributed by atoms with Crippen LogP contribution in [0.2, 0.25) is 0 Å². The highest BCUT2D eigenvalue weighted by Gasteiger charge is 2.17. The summed E-state index contributed by atoms with van der Waals surface area (Å²) in [6.45, 7) is 14.1. The molecule has 0 spiro atoms. The Labute approximate surface area is 203 Å². The standard InChI is InChI=1S/C28H37FN2O3/c1-7-34-28(33)13-10-22-9-12-26(31(17-19(2)3)18-20(4)5)25(15-22)30-27(32)16-23-11-8-21(6)14-24(23)29/h8-15,19-20H,7,16-18H2,1-6H3,(H,30,32)/b13-10+. The van der Waals surface area contributed by atoms with Crippen molar-refractivity contribution >= 4 is 29.3 Å². The summed E-state index contributed by atoms with van der Waals surface area (Å²) in [4.78, 5) is 26.9. The van der Waals surface area contributed by atoms with Gasteiger partial charge in [0, 0.05) is 19.2 Å². The first-order valence-electron chi connectivity index (χ1n) is 11.9. The summed E-state index contributed by atoms with van der Waals surface area (Å²) in [5.41, 5.74) is 3.44. The van der Waals surface area contributed by atoms with Crippen molar-refractivity contribution in [2.24, 2.45) is 11.8 Å². The van der Waals surface area contributed by atoms with E-state index in [2.05, 4.69) is 37.9 Å². The Kier molecular flexibility index (Phi) is 10.3. The maximum Gasteiger partial charge on any atom is 0.330 e. The molecular formula is C28H37FN2O3. The van der Waals surface area contributed by atoms with Gasteiger partial charge in [0.1, 0.15) is 5.82 Å². The number of ether oxygens (including phenoxy) is 1. The molecule has 1 N–H and O–H groups in total. The third-order valence-electron chi connectivity index (χ3n) is 5.06. The summed E-state index contributed by atoms with van der Waals surface area (Å²) in [6, 6.07) is 10.6. The average Bonchev–Trinajstić information content (AvgIpc) is 2.73. The monoisotopic (exact) mass is 468 g/mol. The van der Waals surface area contributed by atoms with Crippen LogP contribution in [0, 0.1) is 24.6 Å². The van der Waals surface area contributed by atoms with Crippen molar-refractivity contribution in [1.29, 1.82) is 0 Å². The summed E-state index contributed by atoms with van der Waals surface area (Å²) >= 11 is 0. The van der Waals surface area contributed by atoms with Crippen LogP contribution in [0.25, 0.3) is 6.08 Å². The lowest BCUT2D eigenvalue weighted by Gasteiger charge is -2.30. The van der Waals surface area contributed by atoms with E-state index in [1.165, 1.54) is 12.1 Å². The lowest BCUT2D eigenvalue weighted by molar-refractivity contribution is -0.137. The van der Waals surface area contributed by atoms with Gasteiger partial charge in [-0.2, -0.15) is 0 Å². The quantitative estimate of drug-likeness (QED) is 0.324. The first kappa shape index (κ1) is 27.1. The van der Waals surface area contributed by atoms with Gasteiger partial charge < -0.3 is 15.0 Å².